The van der Waals surface area contributed by atoms with E-state index in [2.05, 4.69) is 9.88 Å². The number of nitrogens with one attached hydrogen (secondary N) is 1. The van der Waals surface area contributed by atoms with Crippen LogP contribution < -0.4 is 5.32 Å². The molecule has 0 unspecified atom stereocenters. The molecule has 1 heterocycles. The molecular weight excluding hydrogens is 363 g/mol. The summed E-state index contributed by atoms with van der Waals surface area (Å²) in [7, 11) is 0. The van der Waals surface area contributed by atoms with Gasteiger partial charge in [-0.1, -0.05) is 42.5 Å². The van der Waals surface area contributed by atoms with E-state index in [1.54, 1.807) is 12.1 Å². The molecule has 0 bridgehead atoms. The molecule has 1 aliphatic carbocycles. The number of halogens is 1. The Balaban J connectivity index is 1.70. The van der Waals surface area contributed by atoms with E-state index in [1.807, 2.05) is 50.2 Å². The van der Waals surface area contributed by atoms with E-state index in [4.69, 9.17) is 0 Å². The summed E-state index contributed by atoms with van der Waals surface area (Å²) in [6, 6.07) is 16.5. The molecule has 0 saturated heterocycles. The molecule has 150 valence electrons. The number of benzene rings is 2. The first-order valence-electron chi connectivity index (χ1n) is 10.4. The Hall–Kier alpha value is -2.88. The topological polar surface area (TPSA) is 34.0 Å². The maximum absolute atomic E-state index is 13.7. The fourth-order valence-corrected chi connectivity index (χ4v) is 4.45. The summed E-state index contributed by atoms with van der Waals surface area (Å²) in [5.74, 6) is -0.311. The molecule has 0 fully saturated rings. The van der Waals surface area contributed by atoms with Gasteiger partial charge in [-0.2, -0.15) is 0 Å². The van der Waals surface area contributed by atoms with Gasteiger partial charge < -0.3 is 9.88 Å². The van der Waals surface area contributed by atoms with Crippen LogP contribution in [0.1, 0.15) is 64.2 Å². The molecule has 1 aromatic heterocycles. The van der Waals surface area contributed by atoms with Crippen LogP contribution in [0.4, 0.5) is 4.39 Å². The highest BCUT2D eigenvalue weighted by molar-refractivity contribution is 5.95. The van der Waals surface area contributed by atoms with Gasteiger partial charge in [-0.15, -0.1) is 0 Å². The van der Waals surface area contributed by atoms with Gasteiger partial charge in [0, 0.05) is 12.2 Å². The number of hydrogen-bond donors (Lipinski definition) is 1. The first kappa shape index (κ1) is 19.4. The molecular formula is C25H27FN2O. The molecule has 3 nitrogen and oxygen atoms in total. The van der Waals surface area contributed by atoms with Gasteiger partial charge in [0.1, 0.15) is 11.5 Å². The number of carbonyl (C=O) groups is 1. The third-order valence-corrected chi connectivity index (χ3v) is 5.93. The zero-order valence-corrected chi connectivity index (χ0v) is 17.0. The lowest BCUT2D eigenvalue weighted by molar-refractivity contribution is 0.0930. The summed E-state index contributed by atoms with van der Waals surface area (Å²) in [6.07, 6.45) is 4.25. The van der Waals surface area contributed by atoms with Gasteiger partial charge in [0.05, 0.1) is 6.04 Å². The van der Waals surface area contributed by atoms with E-state index in [0.717, 1.165) is 42.4 Å². The molecule has 0 radical (unpaired) electrons. The first-order chi connectivity index (χ1) is 14.0. The Labute approximate surface area is 171 Å². The smallest absolute Gasteiger partial charge is 0.268 e. The number of fused-ring (bicyclic) bond motifs is 1. The van der Waals surface area contributed by atoms with Gasteiger partial charge in [0.25, 0.3) is 5.91 Å². The monoisotopic (exact) mass is 390 g/mol. The zero-order valence-electron chi connectivity index (χ0n) is 17.0. The number of carbonyl (C=O) groups excluding carboxylic acids is 1. The highest BCUT2D eigenvalue weighted by Gasteiger charge is 2.27. The van der Waals surface area contributed by atoms with Crippen LogP contribution in [0.2, 0.25) is 0 Å². The van der Waals surface area contributed by atoms with Crippen molar-refractivity contribution in [2.45, 2.75) is 52.1 Å². The van der Waals surface area contributed by atoms with E-state index in [9.17, 15) is 9.18 Å². The minimum absolute atomic E-state index is 0.0651. The quantitative estimate of drug-likeness (QED) is 0.626. The third kappa shape index (κ3) is 3.98. The molecule has 1 aliphatic rings. The standard InChI is InChI=1S/C25H27FN2O/c1-17-22-13-6-7-14-23(22)28(16-19-9-8-12-21(26)15-19)24(17)25(29)27-18(2)20-10-4-3-5-11-20/h3-5,8-12,15,18H,6-7,13-14,16H2,1-2H3,(H,27,29)/t18-/m0/s1. The van der Waals surface area contributed by atoms with Crippen LogP contribution >= 0.6 is 0 Å². The van der Waals surface area contributed by atoms with Crippen molar-refractivity contribution in [2.24, 2.45) is 0 Å². The maximum Gasteiger partial charge on any atom is 0.268 e. The van der Waals surface area contributed by atoms with Crippen molar-refractivity contribution in [2.75, 3.05) is 0 Å². The van der Waals surface area contributed by atoms with Gasteiger partial charge in [-0.25, -0.2) is 4.39 Å². The Bertz CT molecular complexity index is 1020. The van der Waals surface area contributed by atoms with E-state index in [0.29, 0.717) is 12.2 Å². The van der Waals surface area contributed by atoms with Crippen molar-refractivity contribution in [1.29, 1.82) is 0 Å². The third-order valence-electron chi connectivity index (χ3n) is 5.93. The van der Waals surface area contributed by atoms with E-state index in [1.165, 1.54) is 17.3 Å². The van der Waals surface area contributed by atoms with E-state index < -0.39 is 0 Å². The summed E-state index contributed by atoms with van der Waals surface area (Å²) in [4.78, 5) is 13.3. The van der Waals surface area contributed by atoms with Gasteiger partial charge >= 0.3 is 0 Å². The molecule has 3 aromatic rings. The molecule has 0 spiro atoms. The van der Waals surface area contributed by atoms with Crippen molar-refractivity contribution in [3.63, 3.8) is 0 Å². The lowest BCUT2D eigenvalue weighted by atomic mass is 9.95. The molecule has 1 amide bonds. The summed E-state index contributed by atoms with van der Waals surface area (Å²) in [6.45, 7) is 4.56. The summed E-state index contributed by atoms with van der Waals surface area (Å²) in [5.41, 5.74) is 6.25. The number of rotatable bonds is 5. The fraction of sp³-hybridized carbons (Fsp3) is 0.320. The number of aromatic nitrogens is 1. The van der Waals surface area contributed by atoms with E-state index >= 15 is 0 Å². The van der Waals surface area contributed by atoms with Crippen LogP contribution in [0.5, 0.6) is 0 Å². The minimum Gasteiger partial charge on any atom is -0.344 e. The number of amides is 1. The normalized spacial score (nSPS) is 14.3. The van der Waals surface area contributed by atoms with Crippen LogP contribution in [-0.2, 0) is 19.4 Å². The minimum atomic E-state index is -0.246. The predicted octanol–water partition coefficient (Wildman–Crippen LogP) is 5.35. The fourth-order valence-electron chi connectivity index (χ4n) is 4.45. The maximum atomic E-state index is 13.7. The van der Waals surface area contributed by atoms with Crippen LogP contribution in [0, 0.1) is 12.7 Å². The predicted molar refractivity (Wildman–Crippen MR) is 114 cm³/mol. The van der Waals surface area contributed by atoms with Gasteiger partial charge in [0.15, 0.2) is 0 Å². The largest absolute Gasteiger partial charge is 0.344 e. The highest BCUT2D eigenvalue weighted by atomic mass is 19.1. The van der Waals surface area contributed by atoms with Gasteiger partial charge in [0.2, 0.25) is 0 Å². The summed E-state index contributed by atoms with van der Waals surface area (Å²) < 4.78 is 15.9. The first-order valence-corrected chi connectivity index (χ1v) is 10.4. The van der Waals surface area contributed by atoms with Gasteiger partial charge in [-0.05, 0) is 73.9 Å². The van der Waals surface area contributed by atoms with Crippen molar-refractivity contribution in [3.05, 3.63) is 94.1 Å². The van der Waals surface area contributed by atoms with Crippen LogP contribution in [-0.4, -0.2) is 10.5 Å². The van der Waals surface area contributed by atoms with E-state index in [-0.39, 0.29) is 17.8 Å². The van der Waals surface area contributed by atoms with Crippen LogP contribution in [0.3, 0.4) is 0 Å². The Morgan fingerprint density at radius 3 is 2.62 bits per heavy atom. The molecule has 1 N–H and O–H groups in total. The molecule has 2 aromatic carbocycles. The second-order valence-corrected chi connectivity index (χ2v) is 7.93. The lowest BCUT2D eigenvalue weighted by Gasteiger charge is -2.19. The summed E-state index contributed by atoms with van der Waals surface area (Å²) in [5, 5.41) is 3.17. The number of nitrogens with zero attached hydrogens (tertiary/aromatic N) is 1. The molecule has 4 heteroatoms. The zero-order chi connectivity index (χ0) is 20.4. The molecule has 0 aliphatic heterocycles. The second kappa shape index (κ2) is 8.24. The van der Waals surface area contributed by atoms with Gasteiger partial charge in [-0.3, -0.25) is 4.79 Å². The highest BCUT2D eigenvalue weighted by Crippen LogP contribution is 2.31. The number of hydrogen-bond acceptors (Lipinski definition) is 1. The van der Waals surface area contributed by atoms with Crippen molar-refractivity contribution >= 4 is 5.91 Å². The average molecular weight is 391 g/mol. The molecule has 1 atom stereocenters. The molecule has 0 saturated carbocycles. The van der Waals surface area contributed by atoms with Crippen LogP contribution in [0.25, 0.3) is 0 Å². The Morgan fingerprint density at radius 1 is 1.10 bits per heavy atom. The Morgan fingerprint density at radius 2 is 1.86 bits per heavy atom. The molecule has 29 heavy (non-hydrogen) atoms. The molecule has 4 rings (SSSR count). The van der Waals surface area contributed by atoms with Crippen molar-refractivity contribution < 1.29 is 9.18 Å². The van der Waals surface area contributed by atoms with Crippen molar-refractivity contribution in [1.82, 2.24) is 9.88 Å². The summed E-state index contributed by atoms with van der Waals surface area (Å²) >= 11 is 0. The SMILES string of the molecule is Cc1c2c(n(Cc3cccc(F)c3)c1C(=O)N[C@@H](C)c1ccccc1)CCCC2. The second-order valence-electron chi connectivity index (χ2n) is 7.93. The van der Waals surface area contributed by atoms with Crippen LogP contribution in [0.15, 0.2) is 54.6 Å². The Kier molecular flexibility index (Phi) is 5.52. The lowest BCUT2D eigenvalue weighted by Crippen LogP contribution is -2.29. The van der Waals surface area contributed by atoms with Crippen molar-refractivity contribution in [3.8, 4) is 0 Å². The average Bonchev–Trinajstić information content (AvgIpc) is 3.01.